The third-order valence-electron chi connectivity index (χ3n) is 4.27. The van der Waals surface area contributed by atoms with E-state index in [-0.39, 0.29) is 0 Å². The predicted molar refractivity (Wildman–Crippen MR) is 113 cm³/mol. The topological polar surface area (TPSA) is 63.5 Å². The Morgan fingerprint density at radius 1 is 1.04 bits per heavy atom. The number of rotatable bonds is 8. The molecule has 0 amide bonds. The number of hydrogen-bond donors (Lipinski definition) is 2. The second-order valence-corrected chi connectivity index (χ2v) is 6.31. The minimum absolute atomic E-state index is 0.525. The van der Waals surface area contributed by atoms with E-state index in [2.05, 4.69) is 39.8 Å². The van der Waals surface area contributed by atoms with Gasteiger partial charge in [-0.05, 0) is 49.2 Å². The zero-order chi connectivity index (χ0) is 19.6. The first-order chi connectivity index (χ1) is 13.8. The quantitative estimate of drug-likeness (QED) is 0.467. The van der Waals surface area contributed by atoms with Gasteiger partial charge in [-0.15, -0.1) is 0 Å². The summed E-state index contributed by atoms with van der Waals surface area (Å²) in [6.45, 7) is 4.20. The van der Waals surface area contributed by atoms with Crippen LogP contribution in [0.5, 0.6) is 5.75 Å². The summed E-state index contributed by atoms with van der Waals surface area (Å²) >= 11 is 0. The Labute approximate surface area is 166 Å². The van der Waals surface area contributed by atoms with Gasteiger partial charge in [0.05, 0.1) is 25.0 Å². The lowest BCUT2D eigenvalue weighted by molar-refractivity contribution is 0.414. The Kier molecular flexibility index (Phi) is 7.07. The number of benzene rings is 2. The van der Waals surface area contributed by atoms with E-state index >= 15 is 0 Å². The van der Waals surface area contributed by atoms with E-state index in [4.69, 9.17) is 4.74 Å². The molecule has 0 aliphatic carbocycles. The van der Waals surface area contributed by atoms with Crippen LogP contribution < -0.4 is 15.4 Å². The van der Waals surface area contributed by atoms with Crippen molar-refractivity contribution in [1.29, 1.82) is 0 Å². The molecular weight excluding hydrogens is 350 g/mol. The Balaban J connectivity index is 1.54. The number of nitrogens with zero attached hydrogens (tertiary/aromatic N) is 3. The molecule has 2 aromatic carbocycles. The molecule has 28 heavy (non-hydrogen) atoms. The summed E-state index contributed by atoms with van der Waals surface area (Å²) in [6, 6.07) is 20.2. The van der Waals surface area contributed by atoms with Crippen LogP contribution in [0.1, 0.15) is 18.2 Å². The second kappa shape index (κ2) is 10.2. The first kappa shape index (κ1) is 19.5. The fraction of sp³-hybridized carbons (Fsp3) is 0.273. The van der Waals surface area contributed by atoms with E-state index in [1.807, 2.05) is 59.4 Å². The summed E-state index contributed by atoms with van der Waals surface area (Å²) in [4.78, 5) is 4.65. The molecule has 0 aliphatic heterocycles. The van der Waals surface area contributed by atoms with E-state index in [0.29, 0.717) is 6.54 Å². The number of aromatic nitrogens is 2. The van der Waals surface area contributed by atoms with Gasteiger partial charge < -0.3 is 15.4 Å². The molecule has 0 bridgehead atoms. The highest BCUT2D eigenvalue weighted by Gasteiger charge is 2.02. The molecule has 3 aromatic rings. The fourth-order valence-corrected chi connectivity index (χ4v) is 2.79. The molecule has 0 spiro atoms. The molecule has 1 heterocycles. The van der Waals surface area contributed by atoms with Gasteiger partial charge in [-0.25, -0.2) is 9.67 Å². The molecule has 0 aliphatic rings. The van der Waals surface area contributed by atoms with E-state index < -0.39 is 0 Å². The van der Waals surface area contributed by atoms with Crippen molar-refractivity contribution >= 4 is 5.96 Å². The molecule has 0 saturated carbocycles. The van der Waals surface area contributed by atoms with Gasteiger partial charge in [-0.3, -0.25) is 0 Å². The highest BCUT2D eigenvalue weighted by molar-refractivity contribution is 5.79. The van der Waals surface area contributed by atoms with Crippen molar-refractivity contribution in [2.24, 2.45) is 4.99 Å². The fourth-order valence-electron chi connectivity index (χ4n) is 2.79. The molecule has 146 valence electrons. The van der Waals surface area contributed by atoms with Crippen molar-refractivity contribution in [3.05, 3.63) is 78.1 Å². The van der Waals surface area contributed by atoms with Crippen molar-refractivity contribution in [3.63, 3.8) is 0 Å². The first-order valence-corrected chi connectivity index (χ1v) is 9.53. The molecule has 3 rings (SSSR count). The molecule has 6 nitrogen and oxygen atoms in total. The molecule has 0 radical (unpaired) electrons. The van der Waals surface area contributed by atoms with Crippen molar-refractivity contribution < 1.29 is 4.74 Å². The van der Waals surface area contributed by atoms with Gasteiger partial charge in [-0.1, -0.05) is 30.3 Å². The van der Waals surface area contributed by atoms with Crippen LogP contribution >= 0.6 is 0 Å². The highest BCUT2D eigenvalue weighted by Crippen LogP contribution is 2.11. The van der Waals surface area contributed by atoms with Crippen LogP contribution in [0.25, 0.3) is 5.69 Å². The van der Waals surface area contributed by atoms with E-state index in [1.54, 1.807) is 7.11 Å². The molecule has 0 saturated heterocycles. The zero-order valence-corrected chi connectivity index (χ0v) is 16.4. The maximum absolute atomic E-state index is 5.20. The second-order valence-electron chi connectivity index (χ2n) is 6.31. The van der Waals surface area contributed by atoms with Crippen LogP contribution in [0.2, 0.25) is 0 Å². The minimum atomic E-state index is 0.525. The lowest BCUT2D eigenvalue weighted by Gasteiger charge is -2.11. The van der Waals surface area contributed by atoms with Crippen molar-refractivity contribution in [1.82, 2.24) is 20.4 Å². The van der Waals surface area contributed by atoms with Crippen molar-refractivity contribution in [2.75, 3.05) is 20.2 Å². The third-order valence-corrected chi connectivity index (χ3v) is 4.27. The highest BCUT2D eigenvalue weighted by atomic mass is 16.5. The Morgan fingerprint density at radius 2 is 1.82 bits per heavy atom. The van der Waals surface area contributed by atoms with Gasteiger partial charge >= 0.3 is 0 Å². The van der Waals surface area contributed by atoms with Crippen LogP contribution in [0.3, 0.4) is 0 Å². The summed E-state index contributed by atoms with van der Waals surface area (Å²) in [6.07, 6.45) is 2.88. The van der Waals surface area contributed by atoms with Crippen LogP contribution in [0.4, 0.5) is 0 Å². The third kappa shape index (κ3) is 5.61. The number of aliphatic imine (C=N–C) groups is 1. The monoisotopic (exact) mass is 377 g/mol. The number of methoxy groups -OCH3 is 1. The summed E-state index contributed by atoms with van der Waals surface area (Å²) < 4.78 is 7.07. The average Bonchev–Trinajstić information content (AvgIpc) is 3.22. The SMILES string of the molecule is CCNC(=NCc1ccn(-c2ccccc2)n1)NCCc1ccc(OC)cc1. The standard InChI is InChI=1S/C22H27N5O/c1-3-23-22(24-15-13-18-9-11-21(28-2)12-10-18)25-17-19-14-16-27(26-19)20-7-5-4-6-8-20/h4-12,14,16H,3,13,15,17H2,1-2H3,(H2,23,24,25). The minimum Gasteiger partial charge on any atom is -0.497 e. The van der Waals surface area contributed by atoms with Gasteiger partial charge in [0.1, 0.15) is 5.75 Å². The largest absolute Gasteiger partial charge is 0.497 e. The predicted octanol–water partition coefficient (Wildman–Crippen LogP) is 3.18. The van der Waals surface area contributed by atoms with Crippen LogP contribution in [-0.4, -0.2) is 35.9 Å². The van der Waals surface area contributed by atoms with E-state index in [1.165, 1.54) is 5.56 Å². The lowest BCUT2D eigenvalue weighted by atomic mass is 10.1. The van der Waals surface area contributed by atoms with Gasteiger partial charge in [0, 0.05) is 19.3 Å². The molecule has 0 atom stereocenters. The van der Waals surface area contributed by atoms with Gasteiger partial charge in [0.25, 0.3) is 0 Å². The summed E-state index contributed by atoms with van der Waals surface area (Å²) in [5.41, 5.74) is 3.23. The Hall–Kier alpha value is -3.28. The molecule has 1 aromatic heterocycles. The maximum Gasteiger partial charge on any atom is 0.191 e. The number of hydrogen-bond acceptors (Lipinski definition) is 3. The summed E-state index contributed by atoms with van der Waals surface area (Å²) in [5.74, 6) is 1.67. The summed E-state index contributed by atoms with van der Waals surface area (Å²) in [7, 11) is 1.68. The van der Waals surface area contributed by atoms with Crippen LogP contribution in [0.15, 0.2) is 71.9 Å². The van der Waals surface area contributed by atoms with Crippen molar-refractivity contribution in [2.45, 2.75) is 19.9 Å². The van der Waals surface area contributed by atoms with Crippen molar-refractivity contribution in [3.8, 4) is 11.4 Å². The molecule has 6 heteroatoms. The lowest BCUT2D eigenvalue weighted by Crippen LogP contribution is -2.38. The van der Waals surface area contributed by atoms with Crippen LogP contribution in [-0.2, 0) is 13.0 Å². The number of guanidine groups is 1. The van der Waals surface area contributed by atoms with Gasteiger partial charge in [-0.2, -0.15) is 5.10 Å². The zero-order valence-electron chi connectivity index (χ0n) is 16.4. The van der Waals surface area contributed by atoms with E-state index in [0.717, 1.165) is 42.6 Å². The number of nitrogens with one attached hydrogen (secondary N) is 2. The number of ether oxygens (including phenoxy) is 1. The van der Waals surface area contributed by atoms with Gasteiger partial charge in [0.15, 0.2) is 5.96 Å². The van der Waals surface area contributed by atoms with Crippen LogP contribution in [0, 0.1) is 0 Å². The summed E-state index contributed by atoms with van der Waals surface area (Å²) in [5, 5.41) is 11.3. The molecular formula is C22H27N5O. The number of para-hydroxylation sites is 1. The maximum atomic E-state index is 5.20. The normalized spacial score (nSPS) is 11.3. The van der Waals surface area contributed by atoms with E-state index in [9.17, 15) is 0 Å². The Morgan fingerprint density at radius 3 is 2.54 bits per heavy atom. The molecule has 2 N–H and O–H groups in total. The smallest absolute Gasteiger partial charge is 0.191 e. The first-order valence-electron chi connectivity index (χ1n) is 9.53. The van der Waals surface area contributed by atoms with Gasteiger partial charge in [0.2, 0.25) is 0 Å². The average molecular weight is 377 g/mol. The molecule has 0 fully saturated rings. The Bertz CT molecular complexity index is 871. The molecule has 0 unspecified atom stereocenters.